The highest BCUT2D eigenvalue weighted by atomic mass is 16.5. The van der Waals surface area contributed by atoms with Gasteiger partial charge in [0.2, 0.25) is 0 Å². The quantitative estimate of drug-likeness (QED) is 0.336. The number of benzene rings is 3. The molecular formula is C29H24N4O2. The lowest BCUT2D eigenvalue weighted by molar-refractivity contribution is 0.489. The summed E-state index contributed by atoms with van der Waals surface area (Å²) in [5.41, 5.74) is 5.38. The average molecular weight is 461 g/mol. The normalized spacial score (nSPS) is 11.3. The molecule has 172 valence electrons. The maximum Gasteiger partial charge on any atom is 0.274 e. The van der Waals surface area contributed by atoms with E-state index in [0.29, 0.717) is 11.3 Å². The molecule has 3 aromatic heterocycles. The van der Waals surface area contributed by atoms with Crippen molar-refractivity contribution >= 4 is 21.9 Å². The second kappa shape index (κ2) is 8.65. The summed E-state index contributed by atoms with van der Waals surface area (Å²) in [6, 6.07) is 26.2. The molecule has 0 aliphatic carbocycles. The van der Waals surface area contributed by atoms with Crippen LogP contribution in [0.3, 0.4) is 0 Å². The Balaban J connectivity index is 1.51. The van der Waals surface area contributed by atoms with Gasteiger partial charge in [0.05, 0.1) is 11.8 Å². The van der Waals surface area contributed by atoms with Crippen molar-refractivity contribution in [1.29, 1.82) is 0 Å². The molecule has 35 heavy (non-hydrogen) atoms. The van der Waals surface area contributed by atoms with Crippen molar-refractivity contribution in [3.63, 3.8) is 0 Å². The van der Waals surface area contributed by atoms with Crippen LogP contribution in [0.1, 0.15) is 5.56 Å². The smallest absolute Gasteiger partial charge is 0.274 e. The number of imidazole rings is 1. The Morgan fingerprint density at radius 3 is 2.49 bits per heavy atom. The molecule has 3 aromatic carbocycles. The minimum Gasteiger partial charge on any atom is -0.454 e. The van der Waals surface area contributed by atoms with Gasteiger partial charge in [-0.3, -0.25) is 4.79 Å². The number of aryl methyl sites for hydroxylation is 3. The number of hydrogen-bond acceptors (Lipinski definition) is 3. The molecule has 0 bridgehead atoms. The highest BCUT2D eigenvalue weighted by molar-refractivity contribution is 6.00. The van der Waals surface area contributed by atoms with E-state index in [4.69, 9.17) is 9.72 Å². The lowest BCUT2D eigenvalue weighted by atomic mass is 10.0. The minimum absolute atomic E-state index is 0.0643. The van der Waals surface area contributed by atoms with Crippen LogP contribution in [0.2, 0.25) is 0 Å². The summed E-state index contributed by atoms with van der Waals surface area (Å²) >= 11 is 0. The summed E-state index contributed by atoms with van der Waals surface area (Å²) in [5.74, 6) is 1.41. The highest BCUT2D eigenvalue weighted by Crippen LogP contribution is 2.41. The maximum absolute atomic E-state index is 12.6. The van der Waals surface area contributed by atoms with Crippen molar-refractivity contribution in [3.8, 4) is 22.6 Å². The maximum atomic E-state index is 12.6. The minimum atomic E-state index is -0.0643. The molecule has 0 amide bonds. The Morgan fingerprint density at radius 2 is 1.69 bits per heavy atom. The van der Waals surface area contributed by atoms with Crippen LogP contribution in [0.5, 0.6) is 11.5 Å². The fourth-order valence-electron chi connectivity index (χ4n) is 4.58. The third-order valence-corrected chi connectivity index (χ3v) is 6.38. The van der Waals surface area contributed by atoms with E-state index in [-0.39, 0.29) is 5.56 Å². The van der Waals surface area contributed by atoms with Crippen molar-refractivity contribution in [2.24, 2.45) is 7.05 Å². The van der Waals surface area contributed by atoms with Crippen LogP contribution in [-0.2, 0) is 20.0 Å². The average Bonchev–Trinajstić information content (AvgIpc) is 3.55. The summed E-state index contributed by atoms with van der Waals surface area (Å²) in [4.78, 5) is 20.5. The van der Waals surface area contributed by atoms with E-state index >= 15 is 0 Å². The first kappa shape index (κ1) is 21.0. The van der Waals surface area contributed by atoms with Gasteiger partial charge in [0.1, 0.15) is 16.8 Å². The molecule has 0 radical (unpaired) electrons. The molecule has 6 rings (SSSR count). The summed E-state index contributed by atoms with van der Waals surface area (Å²) in [6.45, 7) is 0.812. The van der Waals surface area contributed by atoms with Gasteiger partial charge in [-0.1, -0.05) is 48.5 Å². The number of para-hydroxylation sites is 1. The molecule has 6 heteroatoms. The zero-order chi connectivity index (χ0) is 23.8. The predicted octanol–water partition coefficient (Wildman–Crippen LogP) is 5.92. The number of hydrogen-bond donors (Lipinski definition) is 1. The third-order valence-electron chi connectivity index (χ3n) is 6.38. The van der Waals surface area contributed by atoms with Gasteiger partial charge < -0.3 is 18.9 Å². The first-order valence-electron chi connectivity index (χ1n) is 11.6. The Labute approximate surface area is 202 Å². The summed E-state index contributed by atoms with van der Waals surface area (Å²) in [7, 11) is 1.76. The number of nitrogens with one attached hydrogen (secondary N) is 1. The largest absolute Gasteiger partial charge is 0.454 e. The topological polar surface area (TPSA) is 64.8 Å². The van der Waals surface area contributed by atoms with E-state index in [2.05, 4.69) is 45.9 Å². The standard InChI is InChI=1S/C29H24N4O2/c1-32-18-24(22-14-16-30-26(22)29(32)34)23-12-13-25-27(28(23)35-21-10-6-3-7-11-21)31-19-33(25)17-15-20-8-4-2-5-9-20/h2-14,16,18-19,30H,15,17H2,1H3. The van der Waals surface area contributed by atoms with Crippen molar-refractivity contribution in [2.75, 3.05) is 0 Å². The Bertz CT molecular complexity index is 1700. The highest BCUT2D eigenvalue weighted by Gasteiger charge is 2.19. The molecule has 0 aliphatic heterocycles. The van der Waals surface area contributed by atoms with E-state index in [1.165, 1.54) is 5.56 Å². The van der Waals surface area contributed by atoms with Crippen molar-refractivity contribution in [2.45, 2.75) is 13.0 Å². The van der Waals surface area contributed by atoms with Crippen LogP contribution in [0, 0.1) is 0 Å². The van der Waals surface area contributed by atoms with E-state index in [1.807, 2.05) is 55.0 Å². The molecule has 0 unspecified atom stereocenters. The lowest BCUT2D eigenvalue weighted by Crippen LogP contribution is -2.16. The Hall–Kier alpha value is -4.58. The van der Waals surface area contributed by atoms with Crippen molar-refractivity contribution in [3.05, 3.63) is 114 Å². The SMILES string of the molecule is Cn1cc(-c2ccc3c(ncn3CCc3ccccc3)c2Oc2ccccc2)c2cc[nH]c2c1=O. The Morgan fingerprint density at radius 1 is 0.914 bits per heavy atom. The van der Waals surface area contributed by atoms with E-state index in [9.17, 15) is 4.79 Å². The molecule has 0 saturated carbocycles. The fraction of sp³-hybridized carbons (Fsp3) is 0.103. The number of rotatable bonds is 6. The summed E-state index contributed by atoms with van der Waals surface area (Å²) in [5, 5.41) is 0.855. The van der Waals surface area contributed by atoms with Crippen LogP contribution < -0.4 is 10.3 Å². The number of fused-ring (bicyclic) bond motifs is 2. The van der Waals surface area contributed by atoms with Crippen LogP contribution >= 0.6 is 0 Å². The number of ether oxygens (including phenoxy) is 1. The molecule has 6 aromatic rings. The molecule has 0 atom stereocenters. The van der Waals surface area contributed by atoms with Crippen LogP contribution in [0.4, 0.5) is 0 Å². The molecule has 3 heterocycles. The number of aromatic amines is 1. The van der Waals surface area contributed by atoms with Gasteiger partial charge in [-0.05, 0) is 42.3 Å². The van der Waals surface area contributed by atoms with Gasteiger partial charge in [-0.2, -0.15) is 0 Å². The van der Waals surface area contributed by atoms with Gasteiger partial charge in [0.25, 0.3) is 5.56 Å². The Kier molecular flexibility index (Phi) is 5.19. The first-order chi connectivity index (χ1) is 17.2. The molecule has 1 N–H and O–H groups in total. The number of nitrogens with zero attached hydrogens (tertiary/aromatic N) is 3. The van der Waals surface area contributed by atoms with Gasteiger partial charge in [-0.25, -0.2) is 4.98 Å². The van der Waals surface area contributed by atoms with E-state index in [0.717, 1.165) is 46.3 Å². The van der Waals surface area contributed by atoms with Crippen LogP contribution in [0.15, 0.2) is 102 Å². The fourth-order valence-corrected chi connectivity index (χ4v) is 4.58. The van der Waals surface area contributed by atoms with Gasteiger partial charge in [0, 0.05) is 42.5 Å². The second-order valence-electron chi connectivity index (χ2n) is 8.62. The van der Waals surface area contributed by atoms with Gasteiger partial charge in [-0.15, -0.1) is 0 Å². The van der Waals surface area contributed by atoms with Crippen molar-refractivity contribution in [1.82, 2.24) is 19.1 Å². The number of pyridine rings is 1. The van der Waals surface area contributed by atoms with E-state index in [1.54, 1.807) is 17.8 Å². The van der Waals surface area contributed by atoms with Crippen LogP contribution in [0.25, 0.3) is 33.1 Å². The summed E-state index contributed by atoms with van der Waals surface area (Å²) in [6.07, 6.45) is 6.45. The van der Waals surface area contributed by atoms with Gasteiger partial charge >= 0.3 is 0 Å². The molecule has 6 nitrogen and oxygen atoms in total. The molecule has 0 aliphatic rings. The van der Waals surface area contributed by atoms with E-state index < -0.39 is 0 Å². The third kappa shape index (κ3) is 3.79. The molecular weight excluding hydrogens is 436 g/mol. The first-order valence-corrected chi connectivity index (χ1v) is 11.6. The zero-order valence-corrected chi connectivity index (χ0v) is 19.3. The number of H-pyrrole nitrogens is 1. The van der Waals surface area contributed by atoms with Gasteiger partial charge in [0.15, 0.2) is 5.75 Å². The molecule has 0 fully saturated rings. The lowest BCUT2D eigenvalue weighted by Gasteiger charge is -2.15. The summed E-state index contributed by atoms with van der Waals surface area (Å²) < 4.78 is 10.2. The predicted molar refractivity (Wildman–Crippen MR) is 139 cm³/mol. The zero-order valence-electron chi connectivity index (χ0n) is 19.3. The molecule has 0 spiro atoms. The van der Waals surface area contributed by atoms with Crippen molar-refractivity contribution < 1.29 is 4.74 Å². The number of aromatic nitrogens is 4. The monoisotopic (exact) mass is 460 g/mol. The molecule has 0 saturated heterocycles. The van der Waals surface area contributed by atoms with Crippen LogP contribution in [-0.4, -0.2) is 19.1 Å². The second-order valence-corrected chi connectivity index (χ2v) is 8.62.